The van der Waals surface area contributed by atoms with Crippen molar-refractivity contribution < 1.29 is 61.6 Å². The molecule has 14 nitrogen and oxygen atoms in total. The first-order valence-electron chi connectivity index (χ1n) is 28.2. The first kappa shape index (κ1) is 52.6. The van der Waals surface area contributed by atoms with Crippen molar-refractivity contribution in [3.8, 4) is 23.0 Å². The van der Waals surface area contributed by atoms with Crippen LogP contribution in [0.25, 0.3) is 22.6 Å². The van der Waals surface area contributed by atoms with Crippen LogP contribution < -0.4 is 9.47 Å². The zero-order chi connectivity index (χ0) is 50.8. The molecule has 0 saturated heterocycles. The molecule has 0 bridgehead atoms. The topological polar surface area (TPSA) is 184 Å². The smallest absolute Gasteiger partial charge is 0.314 e. The van der Waals surface area contributed by atoms with Crippen molar-refractivity contribution >= 4 is 46.9 Å². The van der Waals surface area contributed by atoms with Crippen LogP contribution in [0.15, 0.2) is 46.9 Å². The lowest BCUT2D eigenvalue weighted by atomic mass is 9.81. The van der Waals surface area contributed by atoms with E-state index in [0.717, 1.165) is 69.6 Å². The molecule has 2 aromatic carbocycles. The number of carbonyl (C=O) groups excluding carboxylic acids is 6. The van der Waals surface area contributed by atoms with Gasteiger partial charge in [0.25, 0.3) is 0 Å². The molecule has 6 aliphatic carbocycles. The number of para-hydroxylation sites is 2. The number of ether oxygens (including phenoxy) is 6. The summed E-state index contributed by atoms with van der Waals surface area (Å²) < 4.78 is 41.9. The van der Waals surface area contributed by atoms with Crippen molar-refractivity contribution in [1.82, 2.24) is 4.98 Å². The van der Waals surface area contributed by atoms with Crippen LogP contribution in [0.2, 0.25) is 0 Å². The van der Waals surface area contributed by atoms with Crippen molar-refractivity contribution in [2.24, 2.45) is 47.3 Å². The molecule has 9 rings (SSSR count). The molecule has 6 saturated carbocycles. The van der Waals surface area contributed by atoms with Gasteiger partial charge in [-0.05, 0) is 196 Å². The standard InChI is InChI=1S/C59H77NO13/c1-3-36-9-13-38(14-10-36)54(61)67-44-25-17-40(18-26-44)56(63)69-46-29-21-42(22-30-46)58(65)71-48-33-34-51(49(35-48)53-60-50-7-5-6-8-52(50)72-53)73-59(66)43-23-31-47(32-24-43)70-57(64)41-19-27-45(28-20-41)68-55(62)39-15-11-37(4-2)12-16-39/h5-8,33-47H,3-4,9-32H2,1-2H3. The zero-order valence-electron chi connectivity index (χ0n) is 43.1. The largest absolute Gasteiger partial charge is 0.462 e. The quantitative estimate of drug-likeness (QED) is 0.0795. The lowest BCUT2D eigenvalue weighted by molar-refractivity contribution is -0.164. The van der Waals surface area contributed by atoms with E-state index >= 15 is 0 Å². The van der Waals surface area contributed by atoms with Crippen molar-refractivity contribution in [2.75, 3.05) is 0 Å². The monoisotopic (exact) mass is 1010 g/mol. The maximum absolute atomic E-state index is 13.8. The number of fused-ring (bicyclic) bond motifs is 1. The number of esters is 6. The Balaban J connectivity index is 0.715. The molecule has 0 radical (unpaired) electrons. The van der Waals surface area contributed by atoms with Gasteiger partial charge in [-0.2, -0.15) is 0 Å². The molecular formula is C59H77NO13. The summed E-state index contributed by atoms with van der Waals surface area (Å²) in [6.07, 6.45) is 18.9. The number of hydrogen-bond donors (Lipinski definition) is 0. The maximum Gasteiger partial charge on any atom is 0.314 e. The van der Waals surface area contributed by atoms with E-state index in [2.05, 4.69) is 18.8 Å². The zero-order valence-corrected chi connectivity index (χ0v) is 43.1. The number of oxazole rings is 1. The van der Waals surface area contributed by atoms with Gasteiger partial charge in [0, 0.05) is 0 Å². The van der Waals surface area contributed by atoms with E-state index in [9.17, 15) is 28.8 Å². The number of benzene rings is 2. The molecule has 6 fully saturated rings. The normalized spacial score (nSPS) is 30.8. The van der Waals surface area contributed by atoms with E-state index in [0.29, 0.717) is 119 Å². The summed E-state index contributed by atoms with van der Waals surface area (Å²) in [5.74, 6) is -0.491. The second-order valence-corrected chi connectivity index (χ2v) is 22.4. The van der Waals surface area contributed by atoms with Gasteiger partial charge in [-0.15, -0.1) is 0 Å². The molecule has 0 spiro atoms. The Bertz CT molecular complexity index is 2330. The number of rotatable bonds is 15. The summed E-state index contributed by atoms with van der Waals surface area (Å²) in [5.41, 5.74) is 1.52. The van der Waals surface area contributed by atoms with Crippen molar-refractivity contribution in [2.45, 2.75) is 205 Å². The van der Waals surface area contributed by atoms with E-state index in [4.69, 9.17) is 32.8 Å². The Morgan fingerprint density at radius 3 is 1.18 bits per heavy atom. The minimum Gasteiger partial charge on any atom is -0.462 e. The molecule has 0 unspecified atom stereocenters. The van der Waals surface area contributed by atoms with Gasteiger partial charge in [0.1, 0.15) is 41.4 Å². The second kappa shape index (κ2) is 24.8. The third-order valence-corrected chi connectivity index (χ3v) is 17.6. The fraction of sp³-hybridized carbons (Fsp3) is 0.678. The summed E-state index contributed by atoms with van der Waals surface area (Å²) in [6, 6.07) is 12.1. The van der Waals surface area contributed by atoms with Crippen LogP contribution in [0.4, 0.5) is 0 Å². The predicted octanol–water partition coefficient (Wildman–Crippen LogP) is 12.1. The first-order chi connectivity index (χ1) is 35.5. The van der Waals surface area contributed by atoms with Gasteiger partial charge in [-0.1, -0.05) is 38.8 Å². The van der Waals surface area contributed by atoms with E-state index in [1.807, 2.05) is 18.2 Å². The number of carbonyl (C=O) groups is 6. The predicted molar refractivity (Wildman–Crippen MR) is 270 cm³/mol. The average Bonchev–Trinajstić information content (AvgIpc) is 3.86. The van der Waals surface area contributed by atoms with E-state index in [1.54, 1.807) is 24.3 Å². The summed E-state index contributed by atoms with van der Waals surface area (Å²) >= 11 is 0. The van der Waals surface area contributed by atoms with Crippen molar-refractivity contribution in [1.29, 1.82) is 0 Å². The lowest BCUT2D eigenvalue weighted by Gasteiger charge is -2.32. The van der Waals surface area contributed by atoms with Crippen LogP contribution in [-0.4, -0.2) is 65.2 Å². The van der Waals surface area contributed by atoms with Crippen LogP contribution in [0.3, 0.4) is 0 Å². The highest BCUT2D eigenvalue weighted by atomic mass is 16.6. The van der Waals surface area contributed by atoms with Crippen LogP contribution >= 0.6 is 0 Å². The van der Waals surface area contributed by atoms with Gasteiger partial charge in [0.05, 0.1) is 41.1 Å². The van der Waals surface area contributed by atoms with Gasteiger partial charge in [-0.3, -0.25) is 28.8 Å². The number of hydrogen-bond acceptors (Lipinski definition) is 14. The van der Waals surface area contributed by atoms with Gasteiger partial charge in [0.15, 0.2) is 5.58 Å². The Morgan fingerprint density at radius 2 is 0.795 bits per heavy atom. The minimum atomic E-state index is -0.413. The summed E-state index contributed by atoms with van der Waals surface area (Å²) in [5, 5.41) is 0. The first-order valence-corrected chi connectivity index (χ1v) is 28.2. The fourth-order valence-electron chi connectivity index (χ4n) is 12.5. The molecule has 73 heavy (non-hydrogen) atoms. The van der Waals surface area contributed by atoms with Gasteiger partial charge >= 0.3 is 35.8 Å². The van der Waals surface area contributed by atoms with Gasteiger partial charge in [-0.25, -0.2) is 4.98 Å². The molecule has 6 aliphatic rings. The van der Waals surface area contributed by atoms with Crippen LogP contribution in [0.5, 0.6) is 11.5 Å². The molecule has 3 aromatic rings. The molecular weight excluding hydrogens is 931 g/mol. The third kappa shape index (κ3) is 13.7. The molecule has 0 N–H and O–H groups in total. The second-order valence-electron chi connectivity index (χ2n) is 22.4. The SMILES string of the molecule is CCC1CCC(C(=O)OC2CCC(C(=O)OC3CCC(C(=O)Oc4ccc(OC(=O)C5CCC(OC(=O)C6CCC(OC(=O)C7CCC(CC)CC7)CC6)CC5)c(-c5nc6ccccc6o5)c4)CC3)CC2)CC1. The Morgan fingerprint density at radius 1 is 0.438 bits per heavy atom. The molecule has 0 atom stereocenters. The highest BCUT2D eigenvalue weighted by Gasteiger charge is 2.38. The van der Waals surface area contributed by atoms with E-state index in [-0.39, 0.29) is 95.3 Å². The summed E-state index contributed by atoms with van der Waals surface area (Å²) in [4.78, 5) is 84.2. The average molecular weight is 1010 g/mol. The molecule has 0 amide bonds. The van der Waals surface area contributed by atoms with E-state index < -0.39 is 17.9 Å². The molecule has 1 heterocycles. The molecule has 1 aromatic heterocycles. The minimum absolute atomic E-state index is 0.0000664. The van der Waals surface area contributed by atoms with Crippen LogP contribution in [-0.2, 0) is 47.7 Å². The lowest BCUT2D eigenvalue weighted by Crippen LogP contribution is -2.34. The van der Waals surface area contributed by atoms with Gasteiger partial charge in [0.2, 0.25) is 5.89 Å². The van der Waals surface area contributed by atoms with Crippen molar-refractivity contribution in [3.63, 3.8) is 0 Å². The Kier molecular flexibility index (Phi) is 17.9. The van der Waals surface area contributed by atoms with Gasteiger partial charge < -0.3 is 32.8 Å². The summed E-state index contributed by atoms with van der Waals surface area (Å²) in [7, 11) is 0. The number of aromatic nitrogens is 1. The van der Waals surface area contributed by atoms with E-state index in [1.165, 1.54) is 6.42 Å². The van der Waals surface area contributed by atoms with Crippen LogP contribution in [0.1, 0.15) is 181 Å². The Hall–Kier alpha value is -5.27. The van der Waals surface area contributed by atoms with Crippen LogP contribution in [0, 0.1) is 47.3 Å². The molecule has 14 heteroatoms. The molecule has 0 aliphatic heterocycles. The third-order valence-electron chi connectivity index (χ3n) is 17.6. The maximum atomic E-state index is 13.8. The highest BCUT2D eigenvalue weighted by molar-refractivity contribution is 5.82. The Labute approximate surface area is 430 Å². The fourth-order valence-corrected chi connectivity index (χ4v) is 12.5. The highest BCUT2D eigenvalue weighted by Crippen LogP contribution is 2.40. The summed E-state index contributed by atoms with van der Waals surface area (Å²) in [6.45, 7) is 4.42. The van der Waals surface area contributed by atoms with Crippen molar-refractivity contribution in [3.05, 3.63) is 42.5 Å². The molecule has 396 valence electrons. The number of nitrogens with zero attached hydrogens (tertiary/aromatic N) is 1.